The van der Waals surface area contributed by atoms with Crippen molar-refractivity contribution in [3.63, 3.8) is 0 Å². The molecular weight excluding hydrogens is 400 g/mol. The SMILES string of the molecule is CCOc1ccc(NS(=O)(=O)c2cc(C(=O)NCCC(C)C)ccc2Cl)cc1. The summed E-state index contributed by atoms with van der Waals surface area (Å²) in [5.41, 5.74) is 0.603. The number of anilines is 1. The smallest absolute Gasteiger partial charge is 0.263 e. The van der Waals surface area contributed by atoms with Gasteiger partial charge in [-0.2, -0.15) is 0 Å². The van der Waals surface area contributed by atoms with Crippen LogP contribution < -0.4 is 14.8 Å². The third kappa shape index (κ3) is 6.14. The van der Waals surface area contributed by atoms with Crippen molar-refractivity contribution in [2.45, 2.75) is 32.1 Å². The second-order valence-electron chi connectivity index (χ2n) is 6.65. The fourth-order valence-electron chi connectivity index (χ4n) is 2.42. The van der Waals surface area contributed by atoms with Crippen LogP contribution in [-0.2, 0) is 10.0 Å². The molecule has 1 amide bonds. The van der Waals surface area contributed by atoms with E-state index >= 15 is 0 Å². The summed E-state index contributed by atoms with van der Waals surface area (Å²) in [6.45, 7) is 7.03. The molecule has 0 atom stereocenters. The van der Waals surface area contributed by atoms with Crippen molar-refractivity contribution in [3.05, 3.63) is 53.1 Å². The molecule has 2 N–H and O–H groups in total. The van der Waals surface area contributed by atoms with E-state index in [-0.39, 0.29) is 21.4 Å². The second kappa shape index (κ2) is 9.80. The topological polar surface area (TPSA) is 84.5 Å². The highest BCUT2D eigenvalue weighted by atomic mass is 35.5. The number of sulfonamides is 1. The first-order valence-electron chi connectivity index (χ1n) is 9.06. The van der Waals surface area contributed by atoms with Gasteiger partial charge in [-0.1, -0.05) is 25.4 Å². The fraction of sp³-hybridized carbons (Fsp3) is 0.350. The number of carbonyl (C=O) groups excluding carboxylic acids is 1. The van der Waals surface area contributed by atoms with E-state index in [4.69, 9.17) is 16.3 Å². The van der Waals surface area contributed by atoms with Crippen LogP contribution >= 0.6 is 11.6 Å². The van der Waals surface area contributed by atoms with E-state index in [1.54, 1.807) is 24.3 Å². The standard InChI is InChI=1S/C20H25ClN2O4S/c1-4-27-17-8-6-16(7-9-17)23-28(25,26)19-13-15(5-10-18(19)21)20(24)22-12-11-14(2)3/h5-10,13-14,23H,4,11-12H2,1-3H3,(H,22,24). The molecule has 0 saturated carbocycles. The molecule has 0 aliphatic carbocycles. The van der Waals surface area contributed by atoms with Crippen LogP contribution in [0.1, 0.15) is 37.6 Å². The highest BCUT2D eigenvalue weighted by Crippen LogP contribution is 2.26. The summed E-state index contributed by atoms with van der Waals surface area (Å²) >= 11 is 6.09. The molecule has 8 heteroatoms. The highest BCUT2D eigenvalue weighted by molar-refractivity contribution is 7.92. The molecule has 0 spiro atoms. The Bertz CT molecular complexity index is 912. The largest absolute Gasteiger partial charge is 0.494 e. The van der Waals surface area contributed by atoms with Gasteiger partial charge in [-0.3, -0.25) is 9.52 Å². The van der Waals surface area contributed by atoms with Gasteiger partial charge < -0.3 is 10.1 Å². The maximum atomic E-state index is 12.8. The Morgan fingerprint density at radius 1 is 1.14 bits per heavy atom. The minimum Gasteiger partial charge on any atom is -0.494 e. The molecule has 2 aromatic rings. The van der Waals surface area contributed by atoms with Crippen molar-refractivity contribution in [2.75, 3.05) is 17.9 Å². The summed E-state index contributed by atoms with van der Waals surface area (Å²) in [7, 11) is -3.96. The molecule has 2 rings (SSSR count). The van der Waals surface area contributed by atoms with Crippen LogP contribution in [-0.4, -0.2) is 27.5 Å². The molecule has 28 heavy (non-hydrogen) atoms. The van der Waals surface area contributed by atoms with Crippen LogP contribution in [0.2, 0.25) is 5.02 Å². The zero-order valence-electron chi connectivity index (χ0n) is 16.2. The van der Waals surface area contributed by atoms with Crippen LogP contribution in [0.5, 0.6) is 5.75 Å². The van der Waals surface area contributed by atoms with Gasteiger partial charge in [0.1, 0.15) is 10.6 Å². The predicted molar refractivity (Wildman–Crippen MR) is 112 cm³/mol. The molecule has 0 heterocycles. The third-order valence-electron chi connectivity index (χ3n) is 3.91. The van der Waals surface area contributed by atoms with Crippen molar-refractivity contribution in [1.82, 2.24) is 5.32 Å². The van der Waals surface area contributed by atoms with Crippen molar-refractivity contribution in [1.29, 1.82) is 0 Å². The number of amides is 1. The highest BCUT2D eigenvalue weighted by Gasteiger charge is 2.20. The number of benzene rings is 2. The molecule has 0 saturated heterocycles. The normalized spacial score (nSPS) is 11.3. The zero-order chi connectivity index (χ0) is 20.7. The van der Waals surface area contributed by atoms with Gasteiger partial charge in [0, 0.05) is 17.8 Å². The number of ether oxygens (including phenoxy) is 1. The summed E-state index contributed by atoms with van der Waals surface area (Å²) in [5.74, 6) is 0.762. The molecule has 2 aromatic carbocycles. The number of rotatable bonds is 9. The van der Waals surface area contributed by atoms with E-state index in [2.05, 4.69) is 23.9 Å². The van der Waals surface area contributed by atoms with Crippen molar-refractivity contribution in [2.24, 2.45) is 5.92 Å². The van der Waals surface area contributed by atoms with Gasteiger partial charge in [0.05, 0.1) is 11.6 Å². The molecule has 152 valence electrons. The maximum Gasteiger partial charge on any atom is 0.263 e. The lowest BCUT2D eigenvalue weighted by atomic mass is 10.1. The summed E-state index contributed by atoms with van der Waals surface area (Å²) in [6.07, 6.45) is 0.837. The first-order valence-corrected chi connectivity index (χ1v) is 10.9. The summed E-state index contributed by atoms with van der Waals surface area (Å²) in [4.78, 5) is 12.1. The first-order chi connectivity index (χ1) is 13.2. The quantitative estimate of drug-likeness (QED) is 0.628. The van der Waals surface area contributed by atoms with Gasteiger partial charge >= 0.3 is 0 Å². The van der Waals surface area contributed by atoms with E-state index in [1.165, 1.54) is 18.2 Å². The number of nitrogens with one attached hydrogen (secondary N) is 2. The number of carbonyl (C=O) groups is 1. The summed E-state index contributed by atoms with van der Waals surface area (Å²) in [6, 6.07) is 10.7. The van der Waals surface area contributed by atoms with Crippen molar-refractivity contribution >= 4 is 33.2 Å². The van der Waals surface area contributed by atoms with Crippen molar-refractivity contribution < 1.29 is 17.9 Å². The summed E-state index contributed by atoms with van der Waals surface area (Å²) in [5, 5.41) is 2.82. The van der Waals surface area contributed by atoms with Crippen LogP contribution in [0.4, 0.5) is 5.69 Å². The van der Waals surface area contributed by atoms with E-state index in [9.17, 15) is 13.2 Å². The number of halogens is 1. The minimum absolute atomic E-state index is 0.0390. The van der Waals surface area contributed by atoms with Gasteiger partial charge in [0.2, 0.25) is 0 Å². The van der Waals surface area contributed by atoms with Gasteiger partial charge in [-0.05, 0) is 61.7 Å². The Morgan fingerprint density at radius 3 is 2.43 bits per heavy atom. The first kappa shape index (κ1) is 22.0. The molecule has 0 bridgehead atoms. The van der Waals surface area contributed by atoms with Crippen LogP contribution in [0.3, 0.4) is 0 Å². The average Bonchev–Trinajstić information content (AvgIpc) is 2.63. The van der Waals surface area contributed by atoms with Crippen molar-refractivity contribution in [3.8, 4) is 5.75 Å². The van der Waals surface area contributed by atoms with E-state index in [1.807, 2.05) is 6.92 Å². The lowest BCUT2D eigenvalue weighted by molar-refractivity contribution is 0.0952. The number of hydrogen-bond acceptors (Lipinski definition) is 4. The van der Waals surface area contributed by atoms with Crippen LogP contribution in [0.25, 0.3) is 0 Å². The van der Waals surface area contributed by atoms with E-state index in [0.717, 1.165) is 6.42 Å². The Labute approximate surface area is 171 Å². The third-order valence-corrected chi connectivity index (χ3v) is 5.77. The van der Waals surface area contributed by atoms with Gasteiger partial charge in [0.25, 0.3) is 15.9 Å². The Balaban J connectivity index is 2.18. The molecule has 0 aliphatic heterocycles. The van der Waals surface area contributed by atoms with E-state index in [0.29, 0.717) is 30.5 Å². The summed E-state index contributed by atoms with van der Waals surface area (Å²) < 4.78 is 33.3. The second-order valence-corrected chi connectivity index (χ2v) is 8.70. The molecule has 0 aromatic heterocycles. The maximum absolute atomic E-state index is 12.8. The molecule has 0 fully saturated rings. The molecule has 0 unspecified atom stereocenters. The van der Waals surface area contributed by atoms with Gasteiger partial charge in [0.15, 0.2) is 0 Å². The molecular formula is C20H25ClN2O4S. The Hall–Kier alpha value is -2.25. The van der Waals surface area contributed by atoms with E-state index < -0.39 is 10.0 Å². The van der Waals surface area contributed by atoms with Crippen LogP contribution in [0.15, 0.2) is 47.4 Å². The van der Waals surface area contributed by atoms with Crippen LogP contribution in [0, 0.1) is 5.92 Å². The average molecular weight is 425 g/mol. The fourth-order valence-corrected chi connectivity index (χ4v) is 4.01. The van der Waals surface area contributed by atoms with Gasteiger partial charge in [-0.15, -0.1) is 0 Å². The minimum atomic E-state index is -3.96. The molecule has 0 aliphatic rings. The lowest BCUT2D eigenvalue weighted by Crippen LogP contribution is -2.25. The molecule has 0 radical (unpaired) electrons. The Kier molecular flexibility index (Phi) is 7.71. The lowest BCUT2D eigenvalue weighted by Gasteiger charge is -2.12. The number of hydrogen-bond donors (Lipinski definition) is 2. The Morgan fingerprint density at radius 2 is 1.82 bits per heavy atom. The zero-order valence-corrected chi connectivity index (χ0v) is 17.7. The monoisotopic (exact) mass is 424 g/mol. The molecule has 6 nitrogen and oxygen atoms in total. The predicted octanol–water partition coefficient (Wildman–Crippen LogP) is 4.32. The van der Waals surface area contributed by atoms with Gasteiger partial charge in [-0.25, -0.2) is 8.42 Å².